The van der Waals surface area contributed by atoms with Crippen LogP contribution < -0.4 is 0 Å². The fraction of sp³-hybridized carbons (Fsp3) is 0.143. The molecule has 0 radical (unpaired) electrons. The molecule has 2 rings (SSSR count). The minimum Gasteiger partial charge on any atom is -0.508 e. The topological polar surface area (TPSA) is 60.7 Å². The molecule has 88 valence electrons. The number of aliphatic hydroxyl groups excluding tert-OH is 1. The zero-order chi connectivity index (χ0) is 12.4. The van der Waals surface area contributed by atoms with Crippen molar-refractivity contribution in [2.45, 2.75) is 13.0 Å². The van der Waals surface area contributed by atoms with Gasteiger partial charge in [-0.3, -0.25) is 0 Å². The Bertz CT molecular complexity index is 517. The maximum Gasteiger partial charge on any atom is 0.122 e. The molecule has 0 saturated carbocycles. The van der Waals surface area contributed by atoms with Crippen LogP contribution in [0, 0.1) is 6.92 Å². The molecular weight excluding hydrogens is 216 g/mol. The Hall–Kier alpha value is -2.00. The highest BCUT2D eigenvalue weighted by molar-refractivity contribution is 5.43. The lowest BCUT2D eigenvalue weighted by atomic mass is 9.99. The van der Waals surface area contributed by atoms with Crippen LogP contribution in [0.5, 0.6) is 11.5 Å². The highest BCUT2D eigenvalue weighted by Crippen LogP contribution is 2.31. The predicted molar refractivity (Wildman–Crippen MR) is 65.0 cm³/mol. The van der Waals surface area contributed by atoms with Crippen molar-refractivity contribution in [3.63, 3.8) is 0 Å². The van der Waals surface area contributed by atoms with Crippen LogP contribution in [0.4, 0.5) is 0 Å². The normalized spacial score (nSPS) is 12.4. The number of phenolic OH excluding ortho intramolecular Hbond substituents is 2. The maximum absolute atomic E-state index is 10.1. The van der Waals surface area contributed by atoms with E-state index in [0.29, 0.717) is 11.1 Å². The summed E-state index contributed by atoms with van der Waals surface area (Å²) in [5, 5.41) is 29.1. The quantitative estimate of drug-likeness (QED) is 0.694. The fourth-order valence-electron chi connectivity index (χ4n) is 1.69. The molecular formula is C14H14O3. The molecule has 0 aliphatic carbocycles. The average molecular weight is 230 g/mol. The van der Waals surface area contributed by atoms with Crippen LogP contribution in [0.2, 0.25) is 0 Å². The summed E-state index contributed by atoms with van der Waals surface area (Å²) in [7, 11) is 0. The molecule has 2 aromatic rings. The molecule has 0 aromatic heterocycles. The molecule has 1 atom stereocenters. The molecule has 0 heterocycles. The minimum absolute atomic E-state index is 0.0176. The SMILES string of the molecule is Cc1ccc(C(O)c2cc(O)ccc2O)cc1. The summed E-state index contributed by atoms with van der Waals surface area (Å²) in [5.41, 5.74) is 2.08. The number of hydrogen-bond donors (Lipinski definition) is 3. The number of hydrogen-bond acceptors (Lipinski definition) is 3. The van der Waals surface area contributed by atoms with Crippen molar-refractivity contribution in [1.29, 1.82) is 0 Å². The molecule has 0 spiro atoms. The van der Waals surface area contributed by atoms with Crippen molar-refractivity contribution in [3.05, 3.63) is 59.2 Å². The lowest BCUT2D eigenvalue weighted by Gasteiger charge is -2.13. The summed E-state index contributed by atoms with van der Waals surface area (Å²) in [6, 6.07) is 11.5. The first-order valence-electron chi connectivity index (χ1n) is 5.34. The van der Waals surface area contributed by atoms with Crippen LogP contribution >= 0.6 is 0 Å². The molecule has 3 nitrogen and oxygen atoms in total. The van der Waals surface area contributed by atoms with Gasteiger partial charge in [-0.05, 0) is 30.7 Å². The molecule has 3 N–H and O–H groups in total. The van der Waals surface area contributed by atoms with Gasteiger partial charge in [0, 0.05) is 5.56 Å². The number of rotatable bonds is 2. The van der Waals surface area contributed by atoms with E-state index in [1.807, 2.05) is 19.1 Å². The zero-order valence-corrected chi connectivity index (χ0v) is 9.46. The first-order valence-corrected chi connectivity index (χ1v) is 5.34. The summed E-state index contributed by atoms with van der Waals surface area (Å²) in [4.78, 5) is 0. The lowest BCUT2D eigenvalue weighted by Crippen LogP contribution is -1.99. The van der Waals surface area contributed by atoms with Gasteiger partial charge in [0.25, 0.3) is 0 Å². The van der Waals surface area contributed by atoms with Crippen molar-refractivity contribution in [3.8, 4) is 11.5 Å². The number of aromatic hydroxyl groups is 2. The Balaban J connectivity index is 2.39. The van der Waals surface area contributed by atoms with Gasteiger partial charge in [0.2, 0.25) is 0 Å². The molecule has 1 unspecified atom stereocenters. The highest BCUT2D eigenvalue weighted by Gasteiger charge is 2.14. The van der Waals surface area contributed by atoms with E-state index in [-0.39, 0.29) is 11.5 Å². The standard InChI is InChI=1S/C14H14O3/c1-9-2-4-10(5-3-9)14(17)12-8-11(15)6-7-13(12)16/h2-8,14-17H,1H3. The third kappa shape index (κ3) is 2.40. The van der Waals surface area contributed by atoms with E-state index < -0.39 is 6.10 Å². The van der Waals surface area contributed by atoms with Crippen molar-refractivity contribution in [2.24, 2.45) is 0 Å². The van der Waals surface area contributed by atoms with E-state index in [1.165, 1.54) is 18.2 Å². The van der Waals surface area contributed by atoms with Gasteiger partial charge in [0.05, 0.1) is 0 Å². The van der Waals surface area contributed by atoms with Crippen molar-refractivity contribution >= 4 is 0 Å². The van der Waals surface area contributed by atoms with Crippen molar-refractivity contribution < 1.29 is 15.3 Å². The van der Waals surface area contributed by atoms with Gasteiger partial charge in [-0.2, -0.15) is 0 Å². The maximum atomic E-state index is 10.1. The largest absolute Gasteiger partial charge is 0.508 e. The molecule has 0 bridgehead atoms. The summed E-state index contributed by atoms with van der Waals surface area (Å²) in [5.74, 6) is -0.0140. The summed E-state index contributed by atoms with van der Waals surface area (Å²) < 4.78 is 0. The first-order chi connectivity index (χ1) is 8.08. The molecule has 0 aliphatic rings. The van der Waals surface area contributed by atoms with Crippen LogP contribution in [0.25, 0.3) is 0 Å². The van der Waals surface area contributed by atoms with E-state index in [2.05, 4.69) is 0 Å². The summed E-state index contributed by atoms with van der Waals surface area (Å²) >= 11 is 0. The Kier molecular flexibility index (Phi) is 3.02. The van der Waals surface area contributed by atoms with E-state index in [0.717, 1.165) is 5.56 Å². The molecule has 0 amide bonds. The van der Waals surface area contributed by atoms with Crippen LogP contribution in [-0.2, 0) is 0 Å². The minimum atomic E-state index is -0.942. The predicted octanol–water partition coefficient (Wildman–Crippen LogP) is 2.49. The van der Waals surface area contributed by atoms with Gasteiger partial charge in [-0.15, -0.1) is 0 Å². The number of phenols is 2. The lowest BCUT2D eigenvalue weighted by molar-refractivity contribution is 0.215. The number of aryl methyl sites for hydroxylation is 1. The van der Waals surface area contributed by atoms with Crippen LogP contribution in [0.15, 0.2) is 42.5 Å². The van der Waals surface area contributed by atoms with E-state index >= 15 is 0 Å². The average Bonchev–Trinajstić information content (AvgIpc) is 2.32. The van der Waals surface area contributed by atoms with E-state index in [9.17, 15) is 15.3 Å². The molecule has 3 heteroatoms. The third-order valence-electron chi connectivity index (χ3n) is 2.70. The smallest absolute Gasteiger partial charge is 0.122 e. The highest BCUT2D eigenvalue weighted by atomic mass is 16.3. The summed E-state index contributed by atoms with van der Waals surface area (Å²) in [6.45, 7) is 1.96. The van der Waals surface area contributed by atoms with Gasteiger partial charge in [0.15, 0.2) is 0 Å². The van der Waals surface area contributed by atoms with Crippen LogP contribution in [0.3, 0.4) is 0 Å². The monoisotopic (exact) mass is 230 g/mol. The molecule has 0 saturated heterocycles. The Labute approximate surface area is 99.6 Å². The second-order valence-electron chi connectivity index (χ2n) is 4.06. The molecule has 0 aliphatic heterocycles. The fourth-order valence-corrected chi connectivity index (χ4v) is 1.69. The number of benzene rings is 2. The Morgan fingerprint density at radius 1 is 0.941 bits per heavy atom. The van der Waals surface area contributed by atoms with Gasteiger partial charge < -0.3 is 15.3 Å². The third-order valence-corrected chi connectivity index (χ3v) is 2.70. The van der Waals surface area contributed by atoms with Crippen molar-refractivity contribution in [2.75, 3.05) is 0 Å². The van der Waals surface area contributed by atoms with Crippen LogP contribution in [0.1, 0.15) is 22.8 Å². The van der Waals surface area contributed by atoms with Crippen molar-refractivity contribution in [1.82, 2.24) is 0 Å². The Morgan fingerprint density at radius 3 is 2.24 bits per heavy atom. The molecule has 0 fully saturated rings. The number of aliphatic hydroxyl groups is 1. The summed E-state index contributed by atoms with van der Waals surface area (Å²) in [6.07, 6.45) is -0.942. The van der Waals surface area contributed by atoms with Gasteiger partial charge in [0.1, 0.15) is 17.6 Å². The molecule has 17 heavy (non-hydrogen) atoms. The van der Waals surface area contributed by atoms with Gasteiger partial charge in [-0.1, -0.05) is 29.8 Å². The van der Waals surface area contributed by atoms with E-state index in [1.54, 1.807) is 12.1 Å². The second-order valence-corrected chi connectivity index (χ2v) is 4.06. The zero-order valence-electron chi connectivity index (χ0n) is 9.46. The van der Waals surface area contributed by atoms with Gasteiger partial charge >= 0.3 is 0 Å². The van der Waals surface area contributed by atoms with Gasteiger partial charge in [-0.25, -0.2) is 0 Å². The van der Waals surface area contributed by atoms with Crippen LogP contribution in [-0.4, -0.2) is 15.3 Å². The molecule has 2 aromatic carbocycles. The van der Waals surface area contributed by atoms with E-state index in [4.69, 9.17) is 0 Å². The second kappa shape index (κ2) is 4.47. The Morgan fingerprint density at radius 2 is 1.59 bits per heavy atom. The first kappa shape index (κ1) is 11.5.